The number of hydrogen-bond acceptors (Lipinski definition) is 3. The van der Waals surface area contributed by atoms with Gasteiger partial charge in [0.25, 0.3) is 0 Å². The predicted octanol–water partition coefficient (Wildman–Crippen LogP) is 2.50. The lowest BCUT2D eigenvalue weighted by Crippen LogP contribution is -2.48. The van der Waals surface area contributed by atoms with Crippen molar-refractivity contribution in [2.75, 3.05) is 26.4 Å². The number of nitrogens with two attached hydrogens (primary N) is 1. The number of rotatable bonds is 6. The number of likely N-dealkylation sites (N-methyl/N-ethyl adjacent to an activating group) is 1. The summed E-state index contributed by atoms with van der Waals surface area (Å²) in [6, 6.07) is 7.67. The van der Waals surface area contributed by atoms with Gasteiger partial charge in [-0.1, -0.05) is 18.2 Å². The molecule has 0 aromatic heterocycles. The Morgan fingerprint density at radius 3 is 2.33 bits per heavy atom. The van der Waals surface area contributed by atoms with E-state index in [0.717, 1.165) is 11.3 Å². The molecule has 0 radical (unpaired) electrons. The lowest BCUT2D eigenvalue weighted by Gasteiger charge is -2.32. The van der Waals surface area contributed by atoms with Gasteiger partial charge in [-0.15, -0.1) is 24.8 Å². The number of aryl methyl sites for hydroxylation is 1. The highest BCUT2D eigenvalue weighted by molar-refractivity contribution is 5.85. The van der Waals surface area contributed by atoms with E-state index in [1.54, 1.807) is 0 Å². The van der Waals surface area contributed by atoms with Gasteiger partial charge in [0.1, 0.15) is 0 Å². The van der Waals surface area contributed by atoms with Crippen LogP contribution in [0, 0.1) is 0 Å². The van der Waals surface area contributed by atoms with E-state index in [2.05, 4.69) is 24.1 Å². The Morgan fingerprint density at radius 1 is 1.24 bits per heavy atom. The number of nitrogens with one attached hydrogen (secondary N) is 1. The molecule has 0 spiro atoms. The summed E-state index contributed by atoms with van der Waals surface area (Å²) in [6.07, 6.45) is 1.15. The third kappa shape index (κ3) is 7.55. The minimum Gasteiger partial charge on any atom is -0.399 e. The topological polar surface area (TPSA) is 58.4 Å². The van der Waals surface area contributed by atoms with Crippen LogP contribution in [0.3, 0.4) is 0 Å². The van der Waals surface area contributed by atoms with Gasteiger partial charge in [0, 0.05) is 24.2 Å². The van der Waals surface area contributed by atoms with Crippen molar-refractivity contribution in [2.45, 2.75) is 32.2 Å². The van der Waals surface area contributed by atoms with Crippen molar-refractivity contribution in [2.24, 2.45) is 0 Å². The van der Waals surface area contributed by atoms with Gasteiger partial charge in [-0.2, -0.15) is 0 Å². The van der Waals surface area contributed by atoms with Crippen molar-refractivity contribution in [3.63, 3.8) is 0 Å². The van der Waals surface area contributed by atoms with Gasteiger partial charge >= 0.3 is 0 Å². The van der Waals surface area contributed by atoms with Gasteiger partial charge in [-0.25, -0.2) is 0 Å². The van der Waals surface area contributed by atoms with Crippen LogP contribution in [0.5, 0.6) is 0 Å². The zero-order valence-corrected chi connectivity index (χ0v) is 14.8. The van der Waals surface area contributed by atoms with Crippen molar-refractivity contribution in [3.05, 3.63) is 29.8 Å². The number of amides is 1. The highest BCUT2D eigenvalue weighted by Crippen LogP contribution is 2.13. The molecule has 4 nitrogen and oxygen atoms in total. The number of hydrogen-bond donors (Lipinski definition) is 2. The Balaban J connectivity index is 0. The standard InChI is InChI=1S/C15H25N3O.2ClH/c1-15(2,18(3)4)11-17-14(19)10-9-12-7-5-6-8-13(12)16;;/h5-8H,9-11,16H2,1-4H3,(H,17,19);2*1H. The number of nitrogen functional groups attached to an aromatic ring is 1. The molecular formula is C15H27Cl2N3O. The van der Waals surface area contributed by atoms with Gasteiger partial charge in [0.2, 0.25) is 5.91 Å². The number of carbonyl (C=O) groups is 1. The van der Waals surface area contributed by atoms with Gasteiger partial charge in [0.15, 0.2) is 0 Å². The van der Waals surface area contributed by atoms with Gasteiger partial charge in [-0.3, -0.25) is 4.79 Å². The van der Waals surface area contributed by atoms with E-state index in [9.17, 15) is 4.79 Å². The highest BCUT2D eigenvalue weighted by atomic mass is 35.5. The molecule has 0 fully saturated rings. The quantitative estimate of drug-likeness (QED) is 0.785. The fourth-order valence-corrected chi connectivity index (χ4v) is 1.57. The second-order valence-electron chi connectivity index (χ2n) is 5.68. The van der Waals surface area contributed by atoms with E-state index in [0.29, 0.717) is 19.4 Å². The van der Waals surface area contributed by atoms with Crippen molar-refractivity contribution < 1.29 is 4.79 Å². The normalized spacial score (nSPS) is 10.5. The Hall–Kier alpha value is -0.970. The first kappa shape index (κ1) is 22.3. The van der Waals surface area contributed by atoms with Crippen LogP contribution in [0.1, 0.15) is 25.8 Å². The first-order valence-corrected chi connectivity index (χ1v) is 6.60. The molecule has 0 unspecified atom stereocenters. The van der Waals surface area contributed by atoms with Crippen LogP contribution in [0.15, 0.2) is 24.3 Å². The van der Waals surface area contributed by atoms with Crippen molar-refractivity contribution in [1.82, 2.24) is 10.2 Å². The summed E-state index contributed by atoms with van der Waals surface area (Å²) in [5.41, 5.74) is 7.60. The summed E-state index contributed by atoms with van der Waals surface area (Å²) < 4.78 is 0. The van der Waals surface area contributed by atoms with E-state index in [-0.39, 0.29) is 36.3 Å². The summed E-state index contributed by atoms with van der Waals surface area (Å²) in [7, 11) is 4.02. The average molecular weight is 336 g/mol. The molecule has 0 aliphatic rings. The van der Waals surface area contributed by atoms with E-state index in [4.69, 9.17) is 5.73 Å². The van der Waals surface area contributed by atoms with Crippen LogP contribution in [0.25, 0.3) is 0 Å². The van der Waals surface area contributed by atoms with E-state index in [1.807, 2.05) is 38.4 Å². The second kappa shape index (κ2) is 9.87. The van der Waals surface area contributed by atoms with Crippen LogP contribution >= 0.6 is 24.8 Å². The van der Waals surface area contributed by atoms with E-state index >= 15 is 0 Å². The molecule has 1 rings (SSSR count). The number of carbonyl (C=O) groups excluding carboxylic acids is 1. The molecule has 0 aliphatic heterocycles. The third-order valence-electron chi connectivity index (χ3n) is 3.61. The number of benzene rings is 1. The lowest BCUT2D eigenvalue weighted by molar-refractivity contribution is -0.121. The zero-order chi connectivity index (χ0) is 14.5. The predicted molar refractivity (Wildman–Crippen MR) is 94.4 cm³/mol. The van der Waals surface area contributed by atoms with Crippen LogP contribution in [-0.4, -0.2) is 37.0 Å². The Labute approximate surface area is 140 Å². The minimum absolute atomic E-state index is 0. The third-order valence-corrected chi connectivity index (χ3v) is 3.61. The number of anilines is 1. The summed E-state index contributed by atoms with van der Waals surface area (Å²) in [5.74, 6) is 0.0678. The van der Waals surface area contributed by atoms with Crippen LogP contribution in [0.2, 0.25) is 0 Å². The van der Waals surface area contributed by atoms with Crippen molar-refractivity contribution >= 4 is 36.4 Å². The molecule has 6 heteroatoms. The maximum Gasteiger partial charge on any atom is 0.220 e. The molecular weight excluding hydrogens is 309 g/mol. The summed E-state index contributed by atoms with van der Waals surface area (Å²) in [6.45, 7) is 4.84. The summed E-state index contributed by atoms with van der Waals surface area (Å²) in [4.78, 5) is 13.9. The summed E-state index contributed by atoms with van der Waals surface area (Å²) in [5, 5.41) is 2.97. The first-order chi connectivity index (χ1) is 8.83. The number of halogens is 2. The molecule has 1 amide bonds. The SMILES string of the molecule is CN(C)C(C)(C)CNC(=O)CCc1ccccc1N.Cl.Cl. The van der Waals surface area contributed by atoms with Crippen LogP contribution in [0.4, 0.5) is 5.69 Å². The van der Waals surface area contributed by atoms with Crippen molar-refractivity contribution in [1.29, 1.82) is 0 Å². The second-order valence-corrected chi connectivity index (χ2v) is 5.68. The molecule has 0 bridgehead atoms. The largest absolute Gasteiger partial charge is 0.399 e. The molecule has 1 aromatic carbocycles. The Bertz CT molecular complexity index is 437. The fraction of sp³-hybridized carbons (Fsp3) is 0.533. The Kier molecular flexibility index (Phi) is 10.5. The fourth-order valence-electron chi connectivity index (χ4n) is 1.57. The smallest absolute Gasteiger partial charge is 0.220 e. The molecule has 0 atom stereocenters. The first-order valence-electron chi connectivity index (χ1n) is 6.60. The Morgan fingerprint density at radius 2 is 1.81 bits per heavy atom. The van der Waals surface area contributed by atoms with Gasteiger partial charge < -0.3 is 16.0 Å². The van der Waals surface area contributed by atoms with Crippen molar-refractivity contribution in [3.8, 4) is 0 Å². The number of para-hydroxylation sites is 1. The lowest BCUT2D eigenvalue weighted by atomic mass is 10.0. The van der Waals surface area contributed by atoms with Crippen LogP contribution < -0.4 is 11.1 Å². The highest BCUT2D eigenvalue weighted by Gasteiger charge is 2.20. The van der Waals surface area contributed by atoms with Crippen LogP contribution in [-0.2, 0) is 11.2 Å². The number of nitrogens with zero attached hydrogens (tertiary/aromatic N) is 1. The molecule has 0 aliphatic carbocycles. The molecule has 122 valence electrons. The molecule has 0 saturated heterocycles. The zero-order valence-electron chi connectivity index (χ0n) is 13.2. The van der Waals surface area contributed by atoms with E-state index in [1.165, 1.54) is 0 Å². The molecule has 21 heavy (non-hydrogen) atoms. The molecule has 0 heterocycles. The average Bonchev–Trinajstić information content (AvgIpc) is 2.35. The van der Waals surface area contributed by atoms with Gasteiger partial charge in [-0.05, 0) is 46.0 Å². The minimum atomic E-state index is -0.0402. The van der Waals surface area contributed by atoms with Gasteiger partial charge in [0.05, 0.1) is 0 Å². The summed E-state index contributed by atoms with van der Waals surface area (Å²) >= 11 is 0. The molecule has 0 saturated carbocycles. The maximum absolute atomic E-state index is 11.8. The molecule has 3 N–H and O–H groups in total. The van der Waals surface area contributed by atoms with E-state index < -0.39 is 0 Å². The maximum atomic E-state index is 11.8. The monoisotopic (exact) mass is 335 g/mol. The molecule has 1 aromatic rings.